The molecular weight excluding hydrogens is 260 g/mol. The first-order valence-corrected chi connectivity index (χ1v) is 7.34. The quantitative estimate of drug-likeness (QED) is 0.703. The number of carboxylic acids is 1. The van der Waals surface area contributed by atoms with Gasteiger partial charge < -0.3 is 20.9 Å². The highest BCUT2D eigenvalue weighted by Crippen LogP contribution is 2.34. The monoisotopic (exact) mass is 284 g/mol. The molecule has 1 unspecified atom stereocenters. The van der Waals surface area contributed by atoms with Crippen molar-refractivity contribution in [2.75, 3.05) is 13.2 Å². The number of ether oxygens (including phenoxy) is 1. The van der Waals surface area contributed by atoms with Gasteiger partial charge in [-0.2, -0.15) is 0 Å². The third-order valence-electron chi connectivity index (χ3n) is 4.80. The van der Waals surface area contributed by atoms with Crippen LogP contribution in [0, 0.1) is 5.92 Å². The smallest absolute Gasteiger partial charge is 0.329 e. The van der Waals surface area contributed by atoms with Gasteiger partial charge in [0.25, 0.3) is 0 Å². The minimum Gasteiger partial charge on any atom is -0.480 e. The number of carbonyl (C=O) groups excluding carboxylic acids is 1. The molecule has 4 N–H and O–H groups in total. The predicted octanol–water partition coefficient (Wildman–Crippen LogP) is 0.644. The summed E-state index contributed by atoms with van der Waals surface area (Å²) in [6.07, 6.45) is 4.10. The number of amides is 1. The van der Waals surface area contributed by atoms with Crippen molar-refractivity contribution in [2.45, 2.75) is 56.5 Å². The van der Waals surface area contributed by atoms with E-state index in [0.29, 0.717) is 31.8 Å². The maximum atomic E-state index is 12.3. The third-order valence-corrected chi connectivity index (χ3v) is 4.80. The van der Waals surface area contributed by atoms with E-state index in [1.54, 1.807) is 0 Å². The molecule has 6 heteroatoms. The second-order valence-electron chi connectivity index (χ2n) is 6.15. The Bertz CT molecular complexity index is 383. The Hall–Kier alpha value is -1.14. The van der Waals surface area contributed by atoms with E-state index in [1.807, 2.05) is 0 Å². The summed E-state index contributed by atoms with van der Waals surface area (Å²) >= 11 is 0. The van der Waals surface area contributed by atoms with Crippen LogP contribution in [0.3, 0.4) is 0 Å². The van der Waals surface area contributed by atoms with E-state index in [9.17, 15) is 14.7 Å². The van der Waals surface area contributed by atoms with Gasteiger partial charge in [0.2, 0.25) is 5.91 Å². The van der Waals surface area contributed by atoms with Crippen molar-refractivity contribution < 1.29 is 19.4 Å². The topological polar surface area (TPSA) is 102 Å². The van der Waals surface area contributed by atoms with Crippen molar-refractivity contribution in [1.29, 1.82) is 0 Å². The highest BCUT2D eigenvalue weighted by molar-refractivity contribution is 5.92. The van der Waals surface area contributed by atoms with Gasteiger partial charge in [-0.15, -0.1) is 0 Å². The first-order chi connectivity index (χ1) is 9.42. The zero-order valence-electron chi connectivity index (χ0n) is 12.0. The number of hydrogen-bond acceptors (Lipinski definition) is 4. The lowest BCUT2D eigenvalue weighted by Gasteiger charge is -2.39. The standard InChI is InChI=1S/C14H24N2O4/c1-2-10-3-5-14(6-4-10,12(18)19)16-11(17)13(15)7-8-20-9-13/h10H,2-9,15H2,1H3,(H,16,17)(H,18,19). The van der Waals surface area contributed by atoms with Crippen LogP contribution in [0.25, 0.3) is 0 Å². The molecule has 1 saturated carbocycles. The molecule has 0 aromatic carbocycles. The van der Waals surface area contributed by atoms with Crippen LogP contribution in [0.15, 0.2) is 0 Å². The molecule has 20 heavy (non-hydrogen) atoms. The summed E-state index contributed by atoms with van der Waals surface area (Å²) in [5, 5.41) is 12.3. The second kappa shape index (κ2) is 5.69. The molecule has 2 aliphatic rings. The number of rotatable bonds is 4. The summed E-state index contributed by atoms with van der Waals surface area (Å²) in [6, 6.07) is 0. The Morgan fingerprint density at radius 3 is 2.45 bits per heavy atom. The van der Waals surface area contributed by atoms with E-state index < -0.39 is 23.0 Å². The fraction of sp³-hybridized carbons (Fsp3) is 0.857. The van der Waals surface area contributed by atoms with Crippen LogP contribution in [-0.2, 0) is 14.3 Å². The minimum absolute atomic E-state index is 0.159. The summed E-state index contributed by atoms with van der Waals surface area (Å²) in [5.41, 5.74) is 3.77. The molecule has 114 valence electrons. The highest BCUT2D eigenvalue weighted by atomic mass is 16.5. The highest BCUT2D eigenvalue weighted by Gasteiger charge is 2.47. The molecule has 2 rings (SSSR count). The van der Waals surface area contributed by atoms with E-state index in [1.165, 1.54) is 0 Å². The minimum atomic E-state index is -1.16. The van der Waals surface area contributed by atoms with Crippen LogP contribution in [0.5, 0.6) is 0 Å². The number of carboxylic acid groups (broad SMARTS) is 1. The fourth-order valence-electron chi connectivity index (χ4n) is 3.07. The molecule has 1 atom stereocenters. The summed E-state index contributed by atoms with van der Waals surface area (Å²) in [7, 11) is 0. The van der Waals surface area contributed by atoms with Gasteiger partial charge in [-0.05, 0) is 38.0 Å². The second-order valence-corrected chi connectivity index (χ2v) is 6.15. The lowest BCUT2D eigenvalue weighted by molar-refractivity contribution is -0.150. The van der Waals surface area contributed by atoms with Gasteiger partial charge in [0, 0.05) is 6.61 Å². The van der Waals surface area contributed by atoms with Crippen molar-refractivity contribution in [3.8, 4) is 0 Å². The van der Waals surface area contributed by atoms with Crippen LogP contribution in [0.2, 0.25) is 0 Å². The Morgan fingerprint density at radius 1 is 1.35 bits per heavy atom. The van der Waals surface area contributed by atoms with Crippen LogP contribution in [0.4, 0.5) is 0 Å². The molecule has 6 nitrogen and oxygen atoms in total. The Labute approximate surface area is 119 Å². The maximum Gasteiger partial charge on any atom is 0.329 e. The molecule has 0 aromatic heterocycles. The van der Waals surface area contributed by atoms with Gasteiger partial charge in [-0.1, -0.05) is 13.3 Å². The van der Waals surface area contributed by atoms with Gasteiger partial charge in [0.1, 0.15) is 11.1 Å². The van der Waals surface area contributed by atoms with Crippen molar-refractivity contribution >= 4 is 11.9 Å². The molecule has 1 aliphatic heterocycles. The van der Waals surface area contributed by atoms with Crippen molar-refractivity contribution in [3.05, 3.63) is 0 Å². The summed E-state index contributed by atoms with van der Waals surface area (Å²) < 4.78 is 5.16. The maximum absolute atomic E-state index is 12.3. The van der Waals surface area contributed by atoms with Crippen molar-refractivity contribution in [1.82, 2.24) is 5.32 Å². The number of hydrogen-bond donors (Lipinski definition) is 3. The number of nitrogens with one attached hydrogen (secondary N) is 1. The van der Waals surface area contributed by atoms with E-state index in [0.717, 1.165) is 19.3 Å². The van der Waals surface area contributed by atoms with Gasteiger partial charge in [-0.3, -0.25) is 4.79 Å². The van der Waals surface area contributed by atoms with Gasteiger partial charge in [0.05, 0.1) is 6.61 Å². The molecule has 1 aliphatic carbocycles. The Morgan fingerprint density at radius 2 is 2.00 bits per heavy atom. The largest absolute Gasteiger partial charge is 0.480 e. The third kappa shape index (κ3) is 2.81. The first-order valence-electron chi connectivity index (χ1n) is 7.34. The zero-order chi connectivity index (χ0) is 14.8. The van der Waals surface area contributed by atoms with Crippen LogP contribution < -0.4 is 11.1 Å². The van der Waals surface area contributed by atoms with E-state index in [-0.39, 0.29) is 6.61 Å². The molecule has 1 amide bonds. The molecule has 2 fully saturated rings. The normalized spacial score (nSPS) is 37.6. The van der Waals surface area contributed by atoms with Crippen LogP contribution >= 0.6 is 0 Å². The summed E-state index contributed by atoms with van der Waals surface area (Å²) in [6.45, 7) is 2.72. The Kier molecular flexibility index (Phi) is 4.34. The lowest BCUT2D eigenvalue weighted by atomic mass is 9.75. The van der Waals surface area contributed by atoms with Crippen LogP contribution in [0.1, 0.15) is 45.4 Å². The molecule has 0 bridgehead atoms. The van der Waals surface area contributed by atoms with Crippen LogP contribution in [-0.4, -0.2) is 41.3 Å². The fourth-order valence-corrected chi connectivity index (χ4v) is 3.07. The molecule has 0 aromatic rings. The lowest BCUT2D eigenvalue weighted by Crippen LogP contribution is -2.64. The SMILES string of the molecule is CCC1CCC(NC(=O)C2(N)CCOC2)(C(=O)O)CC1. The van der Waals surface area contributed by atoms with Crippen molar-refractivity contribution in [3.63, 3.8) is 0 Å². The van der Waals surface area contributed by atoms with E-state index in [4.69, 9.17) is 10.5 Å². The average Bonchev–Trinajstić information content (AvgIpc) is 2.87. The molecule has 0 radical (unpaired) electrons. The van der Waals surface area contributed by atoms with E-state index in [2.05, 4.69) is 12.2 Å². The van der Waals surface area contributed by atoms with Gasteiger partial charge in [-0.25, -0.2) is 4.79 Å². The molecule has 0 spiro atoms. The van der Waals surface area contributed by atoms with E-state index >= 15 is 0 Å². The summed E-state index contributed by atoms with van der Waals surface area (Å²) in [5.74, 6) is -0.795. The Balaban J connectivity index is 2.06. The average molecular weight is 284 g/mol. The summed E-state index contributed by atoms with van der Waals surface area (Å²) in [4.78, 5) is 24.0. The number of carbonyl (C=O) groups is 2. The number of nitrogens with two attached hydrogens (primary N) is 1. The van der Waals surface area contributed by atoms with Gasteiger partial charge in [0.15, 0.2) is 0 Å². The molecule has 1 heterocycles. The number of aliphatic carboxylic acids is 1. The molecular formula is C14H24N2O4. The van der Waals surface area contributed by atoms with Crippen molar-refractivity contribution in [2.24, 2.45) is 11.7 Å². The first kappa shape index (κ1) is 15.3. The van der Waals surface area contributed by atoms with Gasteiger partial charge >= 0.3 is 5.97 Å². The predicted molar refractivity (Wildman–Crippen MR) is 73.1 cm³/mol. The zero-order valence-corrected chi connectivity index (χ0v) is 12.0. The molecule has 1 saturated heterocycles.